The number of hydrogen-bond donors (Lipinski definition) is 2. The maximum Gasteiger partial charge on any atom is 0.309 e. The Morgan fingerprint density at radius 2 is 0.972 bits per heavy atom. The molecule has 2 fully saturated rings. The van der Waals surface area contributed by atoms with Crippen molar-refractivity contribution in [2.75, 3.05) is 19.8 Å². The first-order valence-electron chi connectivity index (χ1n) is 24.8. The lowest BCUT2D eigenvalue weighted by Gasteiger charge is -2.18. The molecule has 10 rings (SSSR count). The lowest BCUT2D eigenvalue weighted by molar-refractivity contribution is -0.145. The van der Waals surface area contributed by atoms with E-state index in [4.69, 9.17) is 33.2 Å². The number of benzene rings is 6. The minimum Gasteiger partial charge on any atom is -0.508 e. The molecule has 0 amide bonds. The summed E-state index contributed by atoms with van der Waals surface area (Å²) in [6, 6.07) is 35.2. The first kappa shape index (κ1) is 49.8. The highest BCUT2D eigenvalue weighted by molar-refractivity contribution is 5.78. The molecule has 0 aromatic heterocycles. The Kier molecular flexibility index (Phi) is 15.0. The largest absolute Gasteiger partial charge is 0.508 e. The van der Waals surface area contributed by atoms with Crippen LogP contribution in [0.3, 0.4) is 0 Å². The molecule has 72 heavy (non-hydrogen) atoms. The number of rotatable bonds is 18. The van der Waals surface area contributed by atoms with Crippen molar-refractivity contribution < 1.29 is 61.7 Å². The van der Waals surface area contributed by atoms with Gasteiger partial charge in [-0.05, 0) is 186 Å². The smallest absolute Gasteiger partial charge is 0.309 e. The van der Waals surface area contributed by atoms with Gasteiger partial charge in [0.2, 0.25) is 0 Å². The normalized spacial score (nSPS) is 20.2. The van der Waals surface area contributed by atoms with Crippen LogP contribution in [0.25, 0.3) is 0 Å². The van der Waals surface area contributed by atoms with Gasteiger partial charge in [-0.25, -0.2) is 8.78 Å². The van der Waals surface area contributed by atoms with Crippen LogP contribution in [0.4, 0.5) is 8.78 Å². The summed E-state index contributed by atoms with van der Waals surface area (Å²) < 4.78 is 70.1. The molecule has 13 heteroatoms. The van der Waals surface area contributed by atoms with E-state index in [1.165, 1.54) is 12.1 Å². The van der Waals surface area contributed by atoms with Crippen molar-refractivity contribution >= 4 is 11.9 Å². The van der Waals surface area contributed by atoms with Crippen LogP contribution in [-0.4, -0.2) is 47.6 Å². The van der Waals surface area contributed by atoms with Gasteiger partial charge < -0.3 is 43.4 Å². The summed E-state index contributed by atoms with van der Waals surface area (Å²) in [6.45, 7) is 8.33. The number of carbonyl (C=O) groups is 2. The van der Waals surface area contributed by atoms with Crippen LogP contribution in [0, 0.1) is 23.5 Å². The summed E-state index contributed by atoms with van der Waals surface area (Å²) in [5.74, 6) is 3.96. The predicted molar refractivity (Wildman–Crippen MR) is 265 cm³/mol. The van der Waals surface area contributed by atoms with Crippen LogP contribution in [0.2, 0.25) is 0 Å². The van der Waals surface area contributed by atoms with Crippen LogP contribution in [0.1, 0.15) is 117 Å². The molecule has 6 aromatic carbocycles. The Morgan fingerprint density at radius 1 is 0.569 bits per heavy atom. The molecule has 4 aliphatic carbocycles. The highest BCUT2D eigenvalue weighted by Crippen LogP contribution is 2.50. The predicted octanol–water partition coefficient (Wildman–Crippen LogP) is 12.9. The van der Waals surface area contributed by atoms with E-state index in [1.807, 2.05) is 86.6 Å². The molecule has 0 saturated heterocycles. The topological polar surface area (TPSA) is 139 Å². The lowest BCUT2D eigenvalue weighted by Crippen LogP contribution is -2.21. The zero-order chi connectivity index (χ0) is 50.5. The monoisotopic (exact) mass is 982 g/mol. The first-order valence-corrected chi connectivity index (χ1v) is 24.8. The second kappa shape index (κ2) is 21.7. The van der Waals surface area contributed by atoms with E-state index in [2.05, 4.69) is 0 Å². The van der Waals surface area contributed by atoms with Crippen molar-refractivity contribution in [3.05, 3.63) is 166 Å². The van der Waals surface area contributed by atoms with Crippen LogP contribution in [0.5, 0.6) is 46.0 Å². The Morgan fingerprint density at radius 3 is 1.39 bits per heavy atom. The highest BCUT2D eigenvalue weighted by Gasteiger charge is 2.46. The zero-order valence-electron chi connectivity index (χ0n) is 40.9. The molecule has 6 aromatic rings. The molecule has 376 valence electrons. The van der Waals surface area contributed by atoms with Crippen molar-refractivity contribution in [2.24, 2.45) is 11.8 Å². The average Bonchev–Trinajstić information content (AvgIpc) is 4.27. The number of carbonyl (C=O) groups excluding carboxylic acids is 2. The maximum atomic E-state index is 15.0. The minimum absolute atomic E-state index is 0.0560. The summed E-state index contributed by atoms with van der Waals surface area (Å²) in [5, 5.41) is 19.3. The summed E-state index contributed by atoms with van der Waals surface area (Å²) in [4.78, 5) is 23.8. The van der Waals surface area contributed by atoms with Crippen molar-refractivity contribution in [1.82, 2.24) is 0 Å². The van der Waals surface area contributed by atoms with E-state index in [0.29, 0.717) is 103 Å². The van der Waals surface area contributed by atoms with E-state index in [-0.39, 0.29) is 53.0 Å². The highest BCUT2D eigenvalue weighted by atomic mass is 19.1. The van der Waals surface area contributed by atoms with E-state index < -0.39 is 17.8 Å². The number of esters is 2. The number of hydrogen-bond acceptors (Lipinski definition) is 11. The van der Waals surface area contributed by atoms with Gasteiger partial charge in [-0.2, -0.15) is 0 Å². The maximum absolute atomic E-state index is 15.0. The Bertz CT molecular complexity index is 2840. The molecule has 6 atom stereocenters. The molecular weight excluding hydrogens is 923 g/mol. The number of fused-ring (bicyclic) bond motifs is 2. The Hall–Kier alpha value is -7.12. The van der Waals surface area contributed by atoms with E-state index in [1.54, 1.807) is 50.2 Å². The lowest BCUT2D eigenvalue weighted by atomic mass is 10.1. The molecule has 0 radical (unpaired) electrons. The van der Waals surface area contributed by atoms with Gasteiger partial charge in [-0.3, -0.25) is 9.59 Å². The molecule has 0 unspecified atom stereocenters. The molecule has 0 spiro atoms. The van der Waals surface area contributed by atoms with E-state index >= 15 is 0 Å². The molecule has 11 nitrogen and oxygen atoms in total. The fourth-order valence-corrected chi connectivity index (χ4v) is 9.56. The number of phenolic OH excluding ortho intramolecular Hbond substituents is 1. The Labute approximate surface area is 418 Å². The van der Waals surface area contributed by atoms with E-state index in [9.17, 15) is 28.6 Å². The van der Waals surface area contributed by atoms with Gasteiger partial charge in [0, 0.05) is 28.7 Å². The van der Waals surface area contributed by atoms with Crippen LogP contribution in [0.15, 0.2) is 121 Å². The number of ether oxygens (including phenoxy) is 7. The van der Waals surface area contributed by atoms with Crippen LogP contribution < -0.4 is 23.7 Å². The number of phenols is 1. The second-order valence-electron chi connectivity index (χ2n) is 19.3. The molecule has 0 bridgehead atoms. The SMILES string of the molecule is CCOC(=O)[C@H]1C[C@@H]1c1ccc(O[C@@H]2CCc3c(Oc4ccc(O)cc4)ccc(F)c32)cc1.CCOC(=O)[C@H]1C[C@@H]1c1ccc(O[C@@H]2CCc3c(Oc4ccc(OCCC(C)(C)O)cc4)ccc(F)c32)cc1. The summed E-state index contributed by atoms with van der Waals surface area (Å²) in [7, 11) is 0. The molecule has 4 aliphatic rings. The number of halogens is 2. The molecule has 2 saturated carbocycles. The first-order chi connectivity index (χ1) is 34.7. The average molecular weight is 983 g/mol. The fraction of sp³-hybridized carbons (Fsp3) is 0.356. The standard InChI is InChI=1S/C32H35FO6.C27H25FO5/c1-4-36-31(34)26-19-25(26)20-5-7-22(8-6-20)39-29-15-13-24-28(16-14-27(33)30(24)29)38-23-11-9-21(10-12-23)37-18-17-32(2,3)35;1-2-31-27(30)22-15-21(22)16-3-7-18(8-4-16)33-25-13-11-20-24(14-12-23(28)26(20)25)32-19-9-5-17(29)6-10-19/h5-12,14,16,25-26,29,35H,4,13,15,17-19H2,1-3H3;3-10,12,14,21-22,25,29H,2,11,13,15H2,1H3/t25-,26+,29-;21-,22+,25-/m11/s1. The van der Waals surface area contributed by atoms with Crippen molar-refractivity contribution in [3.8, 4) is 46.0 Å². The molecule has 2 N–H and O–H groups in total. The van der Waals surface area contributed by atoms with Crippen molar-refractivity contribution in [2.45, 2.75) is 102 Å². The third-order valence-corrected chi connectivity index (χ3v) is 13.5. The van der Waals surface area contributed by atoms with Gasteiger partial charge in [0.1, 0.15) is 69.8 Å². The minimum atomic E-state index is -0.775. The Balaban J connectivity index is 0.000000180. The quantitative estimate of drug-likeness (QED) is 0.0796. The van der Waals surface area contributed by atoms with Gasteiger partial charge >= 0.3 is 11.9 Å². The molecule has 0 heterocycles. The van der Waals surface area contributed by atoms with Gasteiger partial charge in [0.25, 0.3) is 0 Å². The van der Waals surface area contributed by atoms with Crippen molar-refractivity contribution in [3.63, 3.8) is 0 Å². The zero-order valence-corrected chi connectivity index (χ0v) is 40.9. The van der Waals surface area contributed by atoms with Crippen LogP contribution >= 0.6 is 0 Å². The van der Waals surface area contributed by atoms with Crippen molar-refractivity contribution in [1.29, 1.82) is 0 Å². The number of aromatic hydroxyl groups is 1. The van der Waals surface area contributed by atoms with Gasteiger partial charge in [-0.15, -0.1) is 0 Å². The number of aliphatic hydroxyl groups is 1. The summed E-state index contributed by atoms with van der Waals surface area (Å²) in [5.41, 5.74) is 4.08. The molecule has 0 aliphatic heterocycles. The molecular formula is C59H60F2O11. The third-order valence-electron chi connectivity index (χ3n) is 13.5. The second-order valence-corrected chi connectivity index (χ2v) is 19.3. The third kappa shape index (κ3) is 12.0. The van der Waals surface area contributed by atoms with Crippen LogP contribution in [-0.2, 0) is 31.9 Å². The summed E-state index contributed by atoms with van der Waals surface area (Å²) >= 11 is 0. The van der Waals surface area contributed by atoms with Gasteiger partial charge in [0.15, 0.2) is 0 Å². The van der Waals surface area contributed by atoms with Gasteiger partial charge in [-0.1, -0.05) is 24.3 Å². The fourth-order valence-electron chi connectivity index (χ4n) is 9.56. The van der Waals surface area contributed by atoms with E-state index in [0.717, 1.165) is 35.1 Å². The summed E-state index contributed by atoms with van der Waals surface area (Å²) in [6.07, 6.45) is 3.92. The van der Waals surface area contributed by atoms with Gasteiger partial charge in [0.05, 0.1) is 37.3 Å².